The van der Waals surface area contributed by atoms with E-state index in [-0.39, 0.29) is 11.9 Å². The molecule has 2 aliphatic carbocycles. The Hall–Kier alpha value is -0.610. The Morgan fingerprint density at radius 1 is 1.33 bits per heavy atom. The van der Waals surface area contributed by atoms with E-state index in [2.05, 4.69) is 0 Å². The molecule has 2 aliphatic rings. The Morgan fingerprint density at radius 3 is 2.72 bits per heavy atom. The van der Waals surface area contributed by atoms with Gasteiger partial charge < -0.3 is 15.2 Å². The molecule has 0 aromatic carbocycles. The van der Waals surface area contributed by atoms with Gasteiger partial charge in [0.05, 0.1) is 12.7 Å². The van der Waals surface area contributed by atoms with Gasteiger partial charge in [0.15, 0.2) is 0 Å². The van der Waals surface area contributed by atoms with Gasteiger partial charge in [-0.15, -0.1) is 0 Å². The molecule has 0 heterocycles. The Kier molecular flexibility index (Phi) is 4.62. The summed E-state index contributed by atoms with van der Waals surface area (Å²) in [7, 11) is 0. The van der Waals surface area contributed by atoms with Gasteiger partial charge in [-0.3, -0.25) is 4.79 Å². The third-order valence-electron chi connectivity index (χ3n) is 4.40. The summed E-state index contributed by atoms with van der Waals surface area (Å²) >= 11 is 0. The Labute approximate surface area is 109 Å². The summed E-state index contributed by atoms with van der Waals surface area (Å²) in [5.41, 5.74) is 5.50. The lowest BCUT2D eigenvalue weighted by Gasteiger charge is -2.30. The van der Waals surface area contributed by atoms with E-state index in [4.69, 9.17) is 15.2 Å². The van der Waals surface area contributed by atoms with Crippen LogP contribution in [0.5, 0.6) is 0 Å². The third kappa shape index (κ3) is 2.86. The molecule has 2 unspecified atom stereocenters. The zero-order valence-corrected chi connectivity index (χ0v) is 11.3. The van der Waals surface area contributed by atoms with Crippen molar-refractivity contribution >= 4 is 5.97 Å². The first-order valence-electron chi connectivity index (χ1n) is 7.24. The van der Waals surface area contributed by atoms with Gasteiger partial charge in [-0.2, -0.15) is 0 Å². The summed E-state index contributed by atoms with van der Waals surface area (Å²) in [5, 5.41) is 0. The van der Waals surface area contributed by atoms with Crippen molar-refractivity contribution in [3.63, 3.8) is 0 Å². The van der Waals surface area contributed by atoms with Crippen LogP contribution in [0.25, 0.3) is 0 Å². The molecule has 0 radical (unpaired) electrons. The molecule has 0 aromatic heterocycles. The van der Waals surface area contributed by atoms with Crippen LogP contribution in [0.4, 0.5) is 0 Å². The monoisotopic (exact) mass is 255 g/mol. The predicted octanol–water partition coefficient (Wildman–Crippen LogP) is 2.01. The number of hydrogen-bond acceptors (Lipinski definition) is 4. The van der Waals surface area contributed by atoms with E-state index < -0.39 is 5.54 Å². The van der Waals surface area contributed by atoms with Gasteiger partial charge in [0.2, 0.25) is 0 Å². The zero-order chi connectivity index (χ0) is 13.0. The lowest BCUT2D eigenvalue weighted by Crippen LogP contribution is -2.52. The van der Waals surface area contributed by atoms with Gasteiger partial charge in [-0.25, -0.2) is 0 Å². The van der Waals surface area contributed by atoms with E-state index in [1.165, 1.54) is 19.3 Å². The van der Waals surface area contributed by atoms with Crippen LogP contribution < -0.4 is 5.73 Å². The highest BCUT2D eigenvalue weighted by molar-refractivity contribution is 5.81. The van der Waals surface area contributed by atoms with Gasteiger partial charge >= 0.3 is 5.97 Å². The fourth-order valence-corrected chi connectivity index (χ4v) is 2.95. The van der Waals surface area contributed by atoms with Crippen molar-refractivity contribution in [1.29, 1.82) is 0 Å². The maximum Gasteiger partial charge on any atom is 0.326 e. The highest BCUT2D eigenvalue weighted by Gasteiger charge is 2.46. The molecule has 2 rings (SSSR count). The van der Waals surface area contributed by atoms with Gasteiger partial charge in [0.25, 0.3) is 0 Å². The van der Waals surface area contributed by atoms with Crippen LogP contribution in [0.1, 0.15) is 51.9 Å². The highest BCUT2D eigenvalue weighted by Crippen LogP contribution is 2.37. The highest BCUT2D eigenvalue weighted by atomic mass is 16.5. The smallest absolute Gasteiger partial charge is 0.326 e. The second-order valence-electron chi connectivity index (χ2n) is 5.56. The van der Waals surface area contributed by atoms with Crippen LogP contribution in [0.2, 0.25) is 0 Å². The lowest BCUT2D eigenvalue weighted by atomic mass is 9.86. The molecule has 0 bridgehead atoms. The van der Waals surface area contributed by atoms with Crippen LogP contribution in [0.3, 0.4) is 0 Å². The second-order valence-corrected chi connectivity index (χ2v) is 5.56. The molecule has 104 valence electrons. The minimum atomic E-state index is -0.765. The molecule has 2 saturated carbocycles. The first kappa shape index (κ1) is 13.8. The molecular weight excluding hydrogens is 230 g/mol. The van der Waals surface area contributed by atoms with Crippen molar-refractivity contribution < 1.29 is 14.3 Å². The minimum Gasteiger partial charge on any atom is -0.465 e. The van der Waals surface area contributed by atoms with Crippen molar-refractivity contribution in [2.45, 2.75) is 63.5 Å². The fourth-order valence-electron chi connectivity index (χ4n) is 2.95. The fraction of sp³-hybridized carbons (Fsp3) is 0.929. The molecule has 4 nitrogen and oxygen atoms in total. The number of carbonyl (C=O) groups excluding carboxylic acids is 1. The van der Waals surface area contributed by atoms with E-state index in [1.807, 2.05) is 6.92 Å². The number of hydrogen-bond donors (Lipinski definition) is 1. The quantitative estimate of drug-likeness (QED) is 0.737. The number of rotatable bonds is 6. The van der Waals surface area contributed by atoms with Crippen LogP contribution >= 0.6 is 0 Å². The van der Waals surface area contributed by atoms with Crippen LogP contribution in [-0.4, -0.2) is 30.8 Å². The van der Waals surface area contributed by atoms with Crippen molar-refractivity contribution in [2.24, 2.45) is 11.7 Å². The predicted molar refractivity (Wildman–Crippen MR) is 69.1 cm³/mol. The summed E-state index contributed by atoms with van der Waals surface area (Å²) in [6.45, 7) is 2.96. The molecule has 4 heteroatoms. The van der Waals surface area contributed by atoms with Gasteiger partial charge in [0.1, 0.15) is 5.54 Å². The van der Waals surface area contributed by atoms with E-state index >= 15 is 0 Å². The summed E-state index contributed by atoms with van der Waals surface area (Å²) in [5.74, 6) is -0.00669. The molecule has 0 aliphatic heterocycles. The van der Waals surface area contributed by atoms with Crippen LogP contribution in [-0.2, 0) is 14.3 Å². The largest absolute Gasteiger partial charge is 0.465 e. The standard InChI is InChI=1S/C14H25NO3/c1-2-17-13(16)14(15)9-4-5-11(14)8-10-18-12-6-3-7-12/h11-12H,2-10,15H2,1H3. The molecular formula is C14H25NO3. The first-order valence-corrected chi connectivity index (χ1v) is 7.24. The van der Waals surface area contributed by atoms with Crippen LogP contribution in [0, 0.1) is 5.92 Å². The van der Waals surface area contributed by atoms with Crippen molar-refractivity contribution in [2.75, 3.05) is 13.2 Å². The summed E-state index contributed by atoms with van der Waals surface area (Å²) in [6.07, 6.45) is 7.80. The normalized spacial score (nSPS) is 32.2. The van der Waals surface area contributed by atoms with Crippen molar-refractivity contribution in [1.82, 2.24) is 0 Å². The average molecular weight is 255 g/mol. The Balaban J connectivity index is 1.79. The SMILES string of the molecule is CCOC(=O)C1(N)CCCC1CCOC1CCC1. The van der Waals surface area contributed by atoms with E-state index in [0.29, 0.717) is 12.7 Å². The summed E-state index contributed by atoms with van der Waals surface area (Å²) in [4.78, 5) is 12.0. The van der Waals surface area contributed by atoms with Crippen molar-refractivity contribution in [3.8, 4) is 0 Å². The molecule has 0 spiro atoms. The molecule has 0 amide bonds. The zero-order valence-electron chi connectivity index (χ0n) is 11.3. The van der Waals surface area contributed by atoms with Crippen molar-refractivity contribution in [3.05, 3.63) is 0 Å². The molecule has 2 N–H and O–H groups in total. The third-order valence-corrected chi connectivity index (χ3v) is 4.40. The van der Waals surface area contributed by atoms with Gasteiger partial charge in [0, 0.05) is 6.61 Å². The second kappa shape index (κ2) is 6.02. The summed E-state index contributed by atoms with van der Waals surface area (Å²) in [6, 6.07) is 0. The number of esters is 1. The van der Waals surface area contributed by atoms with E-state index in [1.54, 1.807) is 0 Å². The van der Waals surface area contributed by atoms with E-state index in [0.717, 1.165) is 32.3 Å². The number of ether oxygens (including phenoxy) is 2. The minimum absolute atomic E-state index is 0.219. The molecule has 0 saturated heterocycles. The van der Waals surface area contributed by atoms with E-state index in [9.17, 15) is 4.79 Å². The molecule has 2 fully saturated rings. The number of nitrogens with two attached hydrogens (primary N) is 1. The molecule has 18 heavy (non-hydrogen) atoms. The Morgan fingerprint density at radius 2 is 2.11 bits per heavy atom. The molecule has 0 aromatic rings. The number of carbonyl (C=O) groups is 1. The lowest BCUT2D eigenvalue weighted by molar-refractivity contribution is -0.151. The van der Waals surface area contributed by atoms with Gasteiger partial charge in [-0.1, -0.05) is 6.42 Å². The summed E-state index contributed by atoms with van der Waals surface area (Å²) < 4.78 is 10.9. The topological polar surface area (TPSA) is 61.5 Å². The molecule has 2 atom stereocenters. The first-order chi connectivity index (χ1) is 8.66. The maximum atomic E-state index is 12.0. The maximum absolute atomic E-state index is 12.0. The van der Waals surface area contributed by atoms with Gasteiger partial charge in [-0.05, 0) is 51.4 Å². The van der Waals surface area contributed by atoms with Crippen LogP contribution in [0.15, 0.2) is 0 Å². The average Bonchev–Trinajstić information content (AvgIpc) is 2.66. The Bertz CT molecular complexity index is 291.